The molecule has 108 valence electrons. The lowest BCUT2D eigenvalue weighted by Crippen LogP contribution is -2.46. The van der Waals surface area contributed by atoms with E-state index >= 15 is 0 Å². The van der Waals surface area contributed by atoms with Gasteiger partial charge in [-0.1, -0.05) is 13.3 Å². The Balaban J connectivity index is 2.42. The van der Waals surface area contributed by atoms with Gasteiger partial charge in [0.1, 0.15) is 0 Å². The summed E-state index contributed by atoms with van der Waals surface area (Å²) < 4.78 is 11.9. The zero-order chi connectivity index (χ0) is 14.1. The number of terminal acetylenes is 1. The molecular weight excluding hydrogens is 258 g/mol. The Morgan fingerprint density at radius 2 is 2.32 bits per heavy atom. The second-order valence-electron chi connectivity index (χ2n) is 4.75. The molecule has 3 unspecified atom stereocenters. The van der Waals surface area contributed by atoms with Crippen LogP contribution in [0, 0.1) is 12.3 Å². The molecule has 3 atom stereocenters. The summed E-state index contributed by atoms with van der Waals surface area (Å²) >= 11 is 0. The molecule has 0 amide bonds. The molecule has 1 aliphatic carbocycles. The molecule has 1 fully saturated rings. The minimum Gasteiger partial charge on any atom is -0.355 e. The van der Waals surface area contributed by atoms with Crippen LogP contribution in [0.15, 0.2) is 4.99 Å². The van der Waals surface area contributed by atoms with Crippen LogP contribution in [0.3, 0.4) is 0 Å². The van der Waals surface area contributed by atoms with Crippen molar-refractivity contribution >= 4 is 16.8 Å². The number of hydrogen-bond acceptors (Lipinski definition) is 2. The number of nitrogens with zero attached hydrogens (tertiary/aromatic N) is 1. The minimum atomic E-state index is -0.684. The summed E-state index contributed by atoms with van der Waals surface area (Å²) in [6.45, 7) is 2.72. The molecule has 1 rings (SSSR count). The summed E-state index contributed by atoms with van der Waals surface area (Å²) in [4.78, 5) is 4.19. The van der Waals surface area contributed by atoms with Crippen LogP contribution in [-0.4, -0.2) is 40.8 Å². The number of hydrogen-bond donors (Lipinski definition) is 2. The quantitative estimate of drug-likeness (QED) is 0.346. The molecule has 1 aliphatic rings. The van der Waals surface area contributed by atoms with E-state index < -0.39 is 10.8 Å². The van der Waals surface area contributed by atoms with Crippen LogP contribution in [0.5, 0.6) is 0 Å². The van der Waals surface area contributed by atoms with E-state index in [4.69, 9.17) is 6.42 Å². The topological polar surface area (TPSA) is 53.5 Å². The lowest BCUT2D eigenvalue weighted by atomic mass is 9.95. The monoisotopic (exact) mass is 283 g/mol. The van der Waals surface area contributed by atoms with E-state index in [9.17, 15) is 4.21 Å². The van der Waals surface area contributed by atoms with Crippen molar-refractivity contribution in [1.29, 1.82) is 0 Å². The number of nitrogens with one attached hydrogen (secondary N) is 2. The summed E-state index contributed by atoms with van der Waals surface area (Å²) in [6.07, 6.45) is 10.2. The van der Waals surface area contributed by atoms with Gasteiger partial charge in [-0.2, -0.15) is 0 Å². The molecular formula is C14H25N3OS. The van der Waals surface area contributed by atoms with Gasteiger partial charge in [0.15, 0.2) is 5.96 Å². The Hall–Kier alpha value is -1.02. The fourth-order valence-electron chi connectivity index (χ4n) is 2.39. The van der Waals surface area contributed by atoms with Crippen LogP contribution in [-0.2, 0) is 10.8 Å². The van der Waals surface area contributed by atoms with Gasteiger partial charge >= 0.3 is 0 Å². The van der Waals surface area contributed by atoms with Crippen molar-refractivity contribution in [2.45, 2.75) is 50.3 Å². The average Bonchev–Trinajstić information content (AvgIpc) is 2.45. The maximum Gasteiger partial charge on any atom is 0.191 e. The predicted octanol–water partition coefficient (Wildman–Crippen LogP) is 1.25. The SMILES string of the molecule is C#CCCNC(=NC)NC1CCCC(S(=O)CC)C1. The zero-order valence-electron chi connectivity index (χ0n) is 11.9. The average molecular weight is 283 g/mol. The first-order valence-electron chi connectivity index (χ1n) is 6.99. The van der Waals surface area contributed by atoms with Gasteiger partial charge in [0.2, 0.25) is 0 Å². The lowest BCUT2D eigenvalue weighted by Gasteiger charge is -2.30. The van der Waals surface area contributed by atoms with Gasteiger partial charge < -0.3 is 10.6 Å². The van der Waals surface area contributed by atoms with E-state index in [0.29, 0.717) is 17.7 Å². The Labute approximate surface area is 119 Å². The lowest BCUT2D eigenvalue weighted by molar-refractivity contribution is 0.413. The van der Waals surface area contributed by atoms with E-state index in [1.165, 1.54) is 0 Å². The maximum absolute atomic E-state index is 11.9. The Morgan fingerprint density at radius 3 is 2.95 bits per heavy atom. The normalized spacial score (nSPS) is 25.4. The van der Waals surface area contributed by atoms with Gasteiger partial charge in [-0.3, -0.25) is 9.20 Å². The third-order valence-corrected chi connectivity index (χ3v) is 5.15. The molecule has 5 heteroatoms. The van der Waals surface area contributed by atoms with Crippen LogP contribution in [0.25, 0.3) is 0 Å². The molecule has 19 heavy (non-hydrogen) atoms. The molecule has 0 saturated heterocycles. The van der Waals surface area contributed by atoms with Crippen molar-refractivity contribution in [1.82, 2.24) is 10.6 Å². The van der Waals surface area contributed by atoms with E-state index in [1.54, 1.807) is 7.05 Å². The summed E-state index contributed by atoms with van der Waals surface area (Å²) in [5.74, 6) is 4.15. The van der Waals surface area contributed by atoms with Gasteiger partial charge in [0, 0.05) is 47.9 Å². The molecule has 4 nitrogen and oxygen atoms in total. The highest BCUT2D eigenvalue weighted by atomic mass is 32.2. The first-order valence-corrected chi connectivity index (χ1v) is 8.37. The van der Waals surface area contributed by atoms with E-state index in [1.807, 2.05) is 6.92 Å². The predicted molar refractivity (Wildman–Crippen MR) is 82.7 cm³/mol. The minimum absolute atomic E-state index is 0.333. The number of aliphatic imine (C=N–C) groups is 1. The summed E-state index contributed by atoms with van der Waals surface area (Å²) in [5, 5.41) is 6.94. The van der Waals surface area contributed by atoms with Gasteiger partial charge in [-0.15, -0.1) is 12.3 Å². The fraction of sp³-hybridized carbons (Fsp3) is 0.786. The molecule has 0 spiro atoms. The van der Waals surface area contributed by atoms with Crippen LogP contribution in [0.1, 0.15) is 39.0 Å². The molecule has 0 radical (unpaired) electrons. The summed E-state index contributed by atoms with van der Waals surface area (Å²) in [5.41, 5.74) is 0. The second kappa shape index (κ2) is 8.98. The van der Waals surface area contributed by atoms with Gasteiger partial charge in [0.25, 0.3) is 0 Å². The van der Waals surface area contributed by atoms with Crippen LogP contribution in [0.2, 0.25) is 0 Å². The van der Waals surface area contributed by atoms with Gasteiger partial charge in [-0.05, 0) is 19.3 Å². The molecule has 0 aromatic carbocycles. The molecule has 0 heterocycles. The van der Waals surface area contributed by atoms with Gasteiger partial charge in [0.05, 0.1) is 0 Å². The van der Waals surface area contributed by atoms with Crippen LogP contribution in [0.4, 0.5) is 0 Å². The first-order chi connectivity index (χ1) is 9.21. The summed E-state index contributed by atoms with van der Waals surface area (Å²) in [6, 6.07) is 0.367. The molecule has 0 bridgehead atoms. The van der Waals surface area contributed by atoms with Crippen LogP contribution >= 0.6 is 0 Å². The number of guanidine groups is 1. The van der Waals surface area contributed by atoms with E-state index in [2.05, 4.69) is 21.5 Å². The van der Waals surface area contributed by atoms with Crippen molar-refractivity contribution in [2.75, 3.05) is 19.3 Å². The van der Waals surface area contributed by atoms with Crippen LogP contribution < -0.4 is 10.6 Å². The molecule has 2 N–H and O–H groups in total. The molecule has 0 aliphatic heterocycles. The molecule has 1 saturated carbocycles. The van der Waals surface area contributed by atoms with Crippen molar-refractivity contribution in [3.63, 3.8) is 0 Å². The standard InChI is InChI=1S/C14H25N3OS/c1-4-6-10-16-14(15-3)17-12-8-7-9-13(11-12)19(18)5-2/h1,12-13H,5-11H2,2-3H3,(H2,15,16,17). The Bertz CT molecular complexity index is 362. The number of rotatable bonds is 5. The van der Waals surface area contributed by atoms with E-state index in [0.717, 1.165) is 43.9 Å². The maximum atomic E-state index is 11.9. The fourth-order valence-corrected chi connectivity index (χ4v) is 3.74. The van der Waals surface area contributed by atoms with Gasteiger partial charge in [-0.25, -0.2) is 0 Å². The van der Waals surface area contributed by atoms with Crippen molar-refractivity contribution in [3.05, 3.63) is 0 Å². The molecule has 0 aromatic rings. The van der Waals surface area contributed by atoms with Crippen molar-refractivity contribution in [2.24, 2.45) is 4.99 Å². The third-order valence-electron chi connectivity index (χ3n) is 3.41. The van der Waals surface area contributed by atoms with E-state index in [-0.39, 0.29) is 0 Å². The Kier molecular flexibility index (Phi) is 7.57. The Morgan fingerprint density at radius 1 is 1.53 bits per heavy atom. The third kappa shape index (κ3) is 5.65. The summed E-state index contributed by atoms with van der Waals surface area (Å²) in [7, 11) is 1.08. The highest BCUT2D eigenvalue weighted by Gasteiger charge is 2.25. The highest BCUT2D eigenvalue weighted by Crippen LogP contribution is 2.22. The molecule has 0 aromatic heterocycles. The first kappa shape index (κ1) is 16.0. The van der Waals surface area contributed by atoms with Crippen molar-refractivity contribution in [3.8, 4) is 12.3 Å². The smallest absolute Gasteiger partial charge is 0.191 e. The zero-order valence-corrected chi connectivity index (χ0v) is 12.8. The second-order valence-corrected chi connectivity index (χ2v) is 6.76. The largest absolute Gasteiger partial charge is 0.355 e. The van der Waals surface area contributed by atoms with Crippen molar-refractivity contribution < 1.29 is 4.21 Å². The highest BCUT2D eigenvalue weighted by molar-refractivity contribution is 7.85.